The van der Waals surface area contributed by atoms with E-state index in [0.717, 1.165) is 73.8 Å². The Kier molecular flexibility index (Phi) is 54.6. The van der Waals surface area contributed by atoms with Crippen molar-refractivity contribution in [2.45, 2.75) is 47.0 Å². The van der Waals surface area contributed by atoms with Crippen LogP contribution >= 0.6 is 90.2 Å². The number of aromatic nitrogens is 8. The number of carbonyl (C=O) groups excluding carboxylic acids is 3. The minimum absolute atomic E-state index is 0.0347. The number of aliphatic imine (C=N–C) groups is 3. The third-order valence-electron chi connectivity index (χ3n) is 14.1. The van der Waals surface area contributed by atoms with E-state index in [1.807, 2.05) is 122 Å². The first-order valence-corrected chi connectivity index (χ1v) is 42.1. The molecule has 7 aromatic carbocycles. The van der Waals surface area contributed by atoms with Gasteiger partial charge in [-0.25, -0.2) is 15.0 Å². The van der Waals surface area contributed by atoms with Gasteiger partial charge in [-0.05, 0) is 150 Å². The number of rotatable bonds is 9. The monoisotopic (exact) mass is 2050 g/mol. The SMILES string of the molecule is BrB(Br)Br.C#Cc1ccccc1OC.CC(=O)OC(C)=O.CC1=NC=CC1.COc1ccccc1C#Cc1cnccn1.Cc1ccccc1/C=C/C1=NC=CC1.Ic1cnccn1.O=Cc1ccccc1O.Oc1ccccc1/C=C/C1=NC=CC1.Oc1ccccc1/C=C\c1cnccn1.Oc1ccccc1C#Cc1cnccn1.[Cu][I]. The second-order valence-electron chi connectivity index (χ2n) is 22.8. The van der Waals surface area contributed by atoms with Crippen LogP contribution in [0.25, 0.3) is 24.3 Å². The summed E-state index contributed by atoms with van der Waals surface area (Å²) >= 11 is 17.3. The Labute approximate surface area is 752 Å². The van der Waals surface area contributed by atoms with Gasteiger partial charge in [-0.15, -0.1) is 53.7 Å². The van der Waals surface area contributed by atoms with E-state index in [9.17, 15) is 29.7 Å². The molecule has 0 fully saturated rings. The number of allylic oxidation sites excluding steroid dienone is 5. The number of aldehydes is 1. The number of phenols is 4. The topological polar surface area (TPSA) is 300 Å². The third-order valence-corrected chi connectivity index (χ3v) is 14.6. The Balaban J connectivity index is 0.000000344. The van der Waals surface area contributed by atoms with Gasteiger partial charge in [0.2, 0.25) is 0 Å². The summed E-state index contributed by atoms with van der Waals surface area (Å²) < 4.78 is 15.4. The third kappa shape index (κ3) is 47.8. The van der Waals surface area contributed by atoms with E-state index in [-0.39, 0.29) is 20.4 Å². The van der Waals surface area contributed by atoms with Crippen molar-refractivity contribution in [1.29, 1.82) is 0 Å². The van der Waals surface area contributed by atoms with E-state index in [2.05, 4.69) is 227 Å². The number of hydrogen-bond donors (Lipinski definition) is 4. The molecule has 28 heteroatoms. The molecule has 0 spiro atoms. The van der Waals surface area contributed by atoms with Crippen molar-refractivity contribution < 1.29 is 61.8 Å². The molecule has 3 aliphatic rings. The van der Waals surface area contributed by atoms with Gasteiger partial charge in [-0.3, -0.25) is 54.3 Å². The van der Waals surface area contributed by atoms with Gasteiger partial charge in [0.15, 0.2) is 6.29 Å². The summed E-state index contributed by atoms with van der Waals surface area (Å²) in [6, 6.07) is 51.1. The van der Waals surface area contributed by atoms with Crippen molar-refractivity contribution in [2.24, 2.45) is 15.0 Å². The molecule has 119 heavy (non-hydrogen) atoms. The van der Waals surface area contributed by atoms with E-state index < -0.39 is 11.9 Å². The molecule has 610 valence electrons. The summed E-state index contributed by atoms with van der Waals surface area (Å²) in [5.41, 5.74) is 12.1. The fraction of sp³-hybridized carbons (Fsp3) is 0.0989. The van der Waals surface area contributed by atoms with Gasteiger partial charge < -0.3 is 34.6 Å². The molecule has 0 bridgehead atoms. The summed E-state index contributed by atoms with van der Waals surface area (Å²) in [6.07, 6.45) is 51.5. The fourth-order valence-electron chi connectivity index (χ4n) is 8.55. The number of nitrogens with zero attached hydrogens (tertiary/aromatic N) is 11. The van der Waals surface area contributed by atoms with Crippen molar-refractivity contribution in [1.82, 2.24) is 39.9 Å². The van der Waals surface area contributed by atoms with E-state index in [1.165, 1.54) is 36.8 Å². The molecule has 0 radical (unpaired) electrons. The number of halogens is 5. The van der Waals surface area contributed by atoms with E-state index in [4.69, 9.17) is 21.0 Å². The van der Waals surface area contributed by atoms with Gasteiger partial charge in [0.25, 0.3) is 0 Å². The molecule has 0 atom stereocenters. The number of esters is 2. The van der Waals surface area contributed by atoms with Crippen molar-refractivity contribution >= 4 is 153 Å². The quantitative estimate of drug-likeness (QED) is 0.0261. The first-order chi connectivity index (χ1) is 57.7. The first-order valence-electron chi connectivity index (χ1n) is 35.2. The van der Waals surface area contributed by atoms with Crippen LogP contribution in [0.1, 0.15) is 106 Å². The number of para-hydroxylation sites is 6. The summed E-state index contributed by atoms with van der Waals surface area (Å²) in [7, 11) is 3.24. The molecule has 0 aliphatic carbocycles. The average Bonchev–Trinajstić information content (AvgIpc) is 1.54. The average molecular weight is 2060 g/mol. The standard InChI is InChI=1S/C13H10N2O.C13H13N.C12H10N2O.C12H8N2O.C12H11NO.C9H8O.C7H6O2.C5H7N.C4H3IN2.C4H6O3.BBr3.Cu.HI/c1-16-13-5-3-2-4-11(13)6-7-12-10-14-8-9-15-12;1-11-5-2-3-6-12(11)8-9-13-7-4-10-14-13;2*15-12-4-2-1-3-10(12)5-6-11-9-13-7-8-14-11;14-12-6-2-1-4-10(12)7-8-11-5-3-9-13-11;1-3-8-6-4-5-7-9(8)10-2;8-5-6-3-1-2-4-7(6)9;1-5-3-2-4-6-5;5-4-3-6-1-2-7-4;1-3(5)7-4(2)6;2-1(3)4;;/h2-5,8-10H,1H3;2-6,8-10H,7H2,1H3;1-9,15H;1-4,7-9,15H;1-4,6-9,14H,5H2;1,4-7H,2H3;1-5,9H;2,4H,3H2,1H3;1-3H;1-2H3;;;1H/q;;;;;;;;;;;+1;/p-1/b;9-8+;6-5-;;8-7+;;;;;;;;. The second-order valence-corrected chi connectivity index (χ2v) is 30.3. The molecule has 21 nitrogen and oxygen atoms in total. The predicted molar refractivity (Wildman–Crippen MR) is 501 cm³/mol. The zero-order valence-electron chi connectivity index (χ0n) is 65.2. The van der Waals surface area contributed by atoms with Gasteiger partial charge in [0.05, 0.1) is 67.0 Å². The maximum atomic E-state index is 10.1. The number of phenolic OH excluding ortho intramolecular Hbond substituents is 4. The van der Waals surface area contributed by atoms with Gasteiger partial charge in [-0.1, -0.05) is 151 Å². The number of methoxy groups -OCH3 is 2. The molecule has 0 saturated carbocycles. The number of carbonyl (C=O) groups is 3. The number of benzene rings is 7. The Morgan fingerprint density at radius 3 is 1.18 bits per heavy atom. The zero-order valence-corrected chi connectivity index (χ0v) is 75.2. The Morgan fingerprint density at radius 2 is 0.840 bits per heavy atom. The van der Waals surface area contributed by atoms with E-state index >= 15 is 0 Å². The molecule has 0 amide bonds. The van der Waals surface area contributed by atoms with Gasteiger partial charge >= 0.3 is 48.2 Å². The molecule has 14 rings (SSSR count). The van der Waals surface area contributed by atoms with Crippen molar-refractivity contribution in [3.05, 3.63) is 358 Å². The maximum absolute atomic E-state index is 10.1. The van der Waals surface area contributed by atoms with E-state index in [0.29, 0.717) is 34.6 Å². The predicted octanol–water partition coefficient (Wildman–Crippen LogP) is 20.4. The van der Waals surface area contributed by atoms with Crippen molar-refractivity contribution in [3.63, 3.8) is 0 Å². The summed E-state index contributed by atoms with van der Waals surface area (Å²) in [5, 5.41) is 37.3. The van der Waals surface area contributed by atoms with Crippen molar-refractivity contribution in [3.8, 4) is 70.5 Å². The van der Waals surface area contributed by atoms with Gasteiger partial charge in [-0.2, -0.15) is 0 Å². The Bertz CT molecular complexity index is 5240. The number of ether oxygens (including phenoxy) is 3. The molecule has 3 aliphatic heterocycles. The van der Waals surface area contributed by atoms with Crippen LogP contribution in [0.5, 0.6) is 34.5 Å². The van der Waals surface area contributed by atoms with Crippen LogP contribution in [0.15, 0.2) is 308 Å². The molecule has 11 aromatic rings. The van der Waals surface area contributed by atoms with Gasteiger partial charge in [0, 0.05) is 130 Å². The Hall–Kier alpha value is -11.9. The van der Waals surface area contributed by atoms with E-state index in [1.54, 1.807) is 182 Å². The van der Waals surface area contributed by atoms with Crippen LogP contribution in [0.4, 0.5) is 0 Å². The normalized spacial score (nSPS) is 10.8. The van der Waals surface area contributed by atoms with Crippen LogP contribution in [-0.2, 0) is 27.1 Å². The molecule has 4 aromatic heterocycles. The number of terminal acetylenes is 1. The Morgan fingerprint density at radius 1 is 0.454 bits per heavy atom. The zero-order chi connectivity index (χ0) is 86.9. The van der Waals surface area contributed by atoms with Crippen LogP contribution in [-0.4, -0.2) is 113 Å². The molecule has 0 unspecified atom stereocenters. The molecule has 7 heterocycles. The van der Waals surface area contributed by atoms with Crippen LogP contribution in [0.3, 0.4) is 0 Å². The molecular weight excluding hydrogens is 1970 g/mol. The summed E-state index contributed by atoms with van der Waals surface area (Å²) in [6.45, 7) is 6.51. The van der Waals surface area contributed by atoms with Crippen LogP contribution in [0.2, 0.25) is 0 Å². The van der Waals surface area contributed by atoms with Crippen LogP contribution < -0.4 is 9.47 Å². The minimum atomic E-state index is -0.562. The number of aromatic hydroxyl groups is 4. The second kappa shape index (κ2) is 64.2. The summed E-state index contributed by atoms with van der Waals surface area (Å²) in [5.74, 6) is 15.3. The van der Waals surface area contributed by atoms with Crippen LogP contribution in [0, 0.1) is 46.6 Å². The number of hydrogen-bond acceptors (Lipinski definition) is 21. The fourth-order valence-corrected chi connectivity index (χ4v) is 8.88. The summed E-state index contributed by atoms with van der Waals surface area (Å²) in [4.78, 5) is 73.7. The molecular formula is C91H82BBr3CuI2N11O10. The molecule has 4 N–H and O–H groups in total. The van der Waals surface area contributed by atoms with Crippen molar-refractivity contribution in [2.75, 3.05) is 14.2 Å². The first kappa shape index (κ1) is 101. The molecule has 0 saturated heterocycles. The van der Waals surface area contributed by atoms with Gasteiger partial charge in [0.1, 0.15) is 49.6 Å². The number of aryl methyl sites for hydroxylation is 1.